The first-order chi connectivity index (χ1) is 11.5. The second kappa shape index (κ2) is 6.11. The fraction of sp³-hybridized carbons (Fsp3) is 0.706. The molecule has 4 bridgehead atoms. The largest absolute Gasteiger partial charge is 0.302 e. The van der Waals surface area contributed by atoms with Crippen molar-refractivity contribution >= 4 is 28.3 Å². The zero-order valence-electron chi connectivity index (χ0n) is 13.6. The molecule has 7 heteroatoms. The lowest BCUT2D eigenvalue weighted by Crippen LogP contribution is -2.47. The Balaban J connectivity index is 1.36. The first kappa shape index (κ1) is 16.0. The number of nitrogens with one attached hydrogen (secondary N) is 2. The molecule has 2 amide bonds. The summed E-state index contributed by atoms with van der Waals surface area (Å²) >= 11 is 1.32. The number of aromatic nitrogens is 1. The molecule has 0 saturated heterocycles. The van der Waals surface area contributed by atoms with Crippen LogP contribution >= 0.6 is 11.3 Å². The fourth-order valence-electron chi connectivity index (χ4n) is 5.66. The van der Waals surface area contributed by atoms with E-state index in [1.807, 2.05) is 0 Å². The molecule has 4 aliphatic rings. The van der Waals surface area contributed by atoms with E-state index in [1.54, 1.807) is 10.9 Å². The van der Waals surface area contributed by atoms with Crippen molar-refractivity contribution in [3.63, 3.8) is 0 Å². The average molecular weight is 349 g/mol. The lowest BCUT2D eigenvalue weighted by Gasteiger charge is -2.56. The number of nitrogens with zero attached hydrogens (tertiary/aromatic N) is 1. The Morgan fingerprint density at radius 3 is 2.38 bits per heavy atom. The highest BCUT2D eigenvalue weighted by Gasteiger charge is 2.51. The van der Waals surface area contributed by atoms with Gasteiger partial charge in [0.2, 0.25) is 11.8 Å². The summed E-state index contributed by atoms with van der Waals surface area (Å²) in [5.74, 6) is 2.06. The second-order valence-corrected chi connectivity index (χ2v) is 8.86. The van der Waals surface area contributed by atoms with Crippen molar-refractivity contribution in [2.75, 3.05) is 5.32 Å². The van der Waals surface area contributed by atoms with Crippen LogP contribution in [0, 0.1) is 23.2 Å². The van der Waals surface area contributed by atoms with Gasteiger partial charge >= 0.3 is 0 Å². The van der Waals surface area contributed by atoms with Gasteiger partial charge in [-0.15, -0.1) is 11.3 Å². The molecule has 130 valence electrons. The lowest BCUT2D eigenvalue weighted by atomic mass is 9.49. The van der Waals surface area contributed by atoms with Crippen molar-refractivity contribution in [3.8, 4) is 0 Å². The molecule has 1 aromatic heterocycles. The highest BCUT2D eigenvalue weighted by Crippen LogP contribution is 2.61. The summed E-state index contributed by atoms with van der Waals surface area (Å²) < 4.78 is 0. The van der Waals surface area contributed by atoms with Crippen LogP contribution in [0.15, 0.2) is 5.38 Å². The summed E-state index contributed by atoms with van der Waals surface area (Å²) in [6.07, 6.45) is 8.39. The Labute approximate surface area is 145 Å². The molecule has 0 unspecified atom stereocenters. The topological polar surface area (TPSA) is 91.3 Å². The maximum Gasteiger partial charge on any atom is 0.249 e. The minimum Gasteiger partial charge on any atom is -0.302 e. The van der Waals surface area contributed by atoms with Crippen LogP contribution < -0.4 is 10.8 Å². The summed E-state index contributed by atoms with van der Waals surface area (Å²) in [6.45, 7) is 0. The summed E-state index contributed by atoms with van der Waals surface area (Å²) in [5, 5.41) is 13.7. The third-order valence-corrected chi connectivity index (χ3v) is 6.77. The van der Waals surface area contributed by atoms with E-state index in [0.29, 0.717) is 17.2 Å². The molecule has 4 fully saturated rings. The molecule has 0 spiro atoms. The van der Waals surface area contributed by atoms with Crippen LogP contribution in [0.4, 0.5) is 5.13 Å². The Morgan fingerprint density at radius 1 is 1.17 bits per heavy atom. The van der Waals surface area contributed by atoms with E-state index in [-0.39, 0.29) is 17.7 Å². The SMILES string of the molecule is O=C(Cc1csc(NC(=O)CC23CC4CC(CC(C4)C2)C3)n1)NO. The molecule has 0 aliphatic heterocycles. The molecule has 0 radical (unpaired) electrons. The molecular weight excluding hydrogens is 326 g/mol. The van der Waals surface area contributed by atoms with Crippen molar-refractivity contribution in [1.82, 2.24) is 10.5 Å². The van der Waals surface area contributed by atoms with Gasteiger partial charge in [0, 0.05) is 11.8 Å². The van der Waals surface area contributed by atoms with E-state index in [2.05, 4.69) is 10.3 Å². The van der Waals surface area contributed by atoms with Crippen LogP contribution in [-0.4, -0.2) is 22.0 Å². The van der Waals surface area contributed by atoms with Gasteiger partial charge in [-0.05, 0) is 61.7 Å². The van der Waals surface area contributed by atoms with Crippen LogP contribution in [0.25, 0.3) is 0 Å². The van der Waals surface area contributed by atoms with Crippen molar-refractivity contribution in [1.29, 1.82) is 0 Å². The van der Waals surface area contributed by atoms with Crippen LogP contribution in [0.3, 0.4) is 0 Å². The fourth-order valence-corrected chi connectivity index (χ4v) is 6.39. The normalized spacial score (nSPS) is 33.5. The van der Waals surface area contributed by atoms with Crippen LogP contribution in [0.5, 0.6) is 0 Å². The molecule has 24 heavy (non-hydrogen) atoms. The van der Waals surface area contributed by atoms with Crippen molar-refractivity contribution < 1.29 is 14.8 Å². The quantitative estimate of drug-likeness (QED) is 0.563. The number of hydroxylamine groups is 1. The second-order valence-electron chi connectivity index (χ2n) is 8.00. The Hall–Kier alpha value is -1.47. The monoisotopic (exact) mass is 349 g/mol. The van der Waals surface area contributed by atoms with E-state index in [9.17, 15) is 9.59 Å². The van der Waals surface area contributed by atoms with E-state index in [0.717, 1.165) is 17.8 Å². The van der Waals surface area contributed by atoms with Gasteiger partial charge in [-0.3, -0.25) is 14.8 Å². The lowest BCUT2D eigenvalue weighted by molar-refractivity contribution is -0.128. The first-order valence-electron chi connectivity index (χ1n) is 8.71. The number of rotatable bonds is 5. The highest BCUT2D eigenvalue weighted by atomic mass is 32.1. The van der Waals surface area contributed by atoms with Gasteiger partial charge in [-0.2, -0.15) is 0 Å². The Morgan fingerprint density at radius 2 is 1.79 bits per heavy atom. The van der Waals surface area contributed by atoms with Gasteiger partial charge in [0.25, 0.3) is 0 Å². The molecule has 1 heterocycles. The minimum atomic E-state index is -0.508. The molecule has 0 atom stereocenters. The van der Waals surface area contributed by atoms with Crippen LogP contribution in [0.1, 0.15) is 50.6 Å². The zero-order valence-corrected chi connectivity index (χ0v) is 14.4. The van der Waals surface area contributed by atoms with Crippen LogP contribution in [-0.2, 0) is 16.0 Å². The van der Waals surface area contributed by atoms with Crippen molar-refractivity contribution in [3.05, 3.63) is 11.1 Å². The van der Waals surface area contributed by atoms with E-state index in [1.165, 1.54) is 49.9 Å². The summed E-state index contributed by atoms with van der Waals surface area (Å²) in [4.78, 5) is 27.9. The van der Waals surface area contributed by atoms with Gasteiger partial charge < -0.3 is 5.32 Å². The van der Waals surface area contributed by atoms with Gasteiger partial charge in [-0.1, -0.05) is 0 Å². The molecule has 4 aliphatic carbocycles. The zero-order chi connectivity index (χ0) is 16.7. The summed E-state index contributed by atoms with van der Waals surface area (Å²) in [7, 11) is 0. The molecule has 0 aromatic carbocycles. The van der Waals surface area contributed by atoms with Gasteiger partial charge in [0.1, 0.15) is 0 Å². The predicted octanol–water partition coefficient (Wildman–Crippen LogP) is 2.74. The third-order valence-electron chi connectivity index (χ3n) is 5.97. The molecule has 6 nitrogen and oxygen atoms in total. The maximum atomic E-state index is 12.5. The number of hydrogen-bond acceptors (Lipinski definition) is 5. The predicted molar refractivity (Wildman–Crippen MR) is 89.6 cm³/mol. The molecule has 4 saturated carbocycles. The molecular formula is C17H23N3O3S. The number of carbonyl (C=O) groups is 2. The number of anilines is 1. The standard InChI is InChI=1S/C17H23N3O3S/c21-14(20-23)4-13-9-24-16(18-13)19-15(22)8-17-5-10-1-11(6-17)3-12(2-10)7-17/h9-12,23H,1-8H2,(H,20,21)(H,18,19,22). The summed E-state index contributed by atoms with van der Waals surface area (Å²) in [5.41, 5.74) is 2.36. The summed E-state index contributed by atoms with van der Waals surface area (Å²) in [6, 6.07) is 0. The van der Waals surface area contributed by atoms with Gasteiger partial charge in [0.15, 0.2) is 5.13 Å². The average Bonchev–Trinajstić information content (AvgIpc) is 2.91. The van der Waals surface area contributed by atoms with Crippen LogP contribution in [0.2, 0.25) is 0 Å². The van der Waals surface area contributed by atoms with E-state index in [4.69, 9.17) is 5.21 Å². The maximum absolute atomic E-state index is 12.5. The first-order valence-corrected chi connectivity index (χ1v) is 9.59. The highest BCUT2D eigenvalue weighted by molar-refractivity contribution is 7.13. The number of hydrogen-bond donors (Lipinski definition) is 3. The molecule has 5 rings (SSSR count). The van der Waals surface area contributed by atoms with E-state index < -0.39 is 5.91 Å². The van der Waals surface area contributed by atoms with Gasteiger partial charge in [-0.25, -0.2) is 10.5 Å². The Bertz CT molecular complexity index is 622. The third kappa shape index (κ3) is 3.19. The van der Waals surface area contributed by atoms with Crippen molar-refractivity contribution in [2.24, 2.45) is 23.2 Å². The number of amides is 2. The number of carbonyl (C=O) groups excluding carboxylic acids is 2. The van der Waals surface area contributed by atoms with Crippen molar-refractivity contribution in [2.45, 2.75) is 51.4 Å². The smallest absolute Gasteiger partial charge is 0.249 e. The molecule has 3 N–H and O–H groups in total. The Kier molecular flexibility index (Phi) is 4.08. The minimum absolute atomic E-state index is 0.0118. The van der Waals surface area contributed by atoms with E-state index >= 15 is 0 Å². The molecule has 1 aromatic rings. The van der Waals surface area contributed by atoms with Gasteiger partial charge in [0.05, 0.1) is 12.1 Å². The number of thiazole rings is 1.